The summed E-state index contributed by atoms with van der Waals surface area (Å²) in [5.41, 5.74) is 0.519. The molecule has 0 saturated carbocycles. The van der Waals surface area contributed by atoms with E-state index >= 15 is 0 Å². The van der Waals surface area contributed by atoms with E-state index in [0.29, 0.717) is 18.5 Å². The predicted molar refractivity (Wildman–Crippen MR) is 69.8 cm³/mol. The molecule has 0 bridgehead atoms. The first-order valence-corrected chi connectivity index (χ1v) is 8.86. The van der Waals surface area contributed by atoms with Crippen LogP contribution in [0.5, 0.6) is 0 Å². The summed E-state index contributed by atoms with van der Waals surface area (Å²) >= 11 is 0. The standard InChI is InChI=1S/C11H17NO4S2/c1-4-7-12-18(15,16)11-8-10(17(3,13)14)6-5-9(11)2/h5-6,8,12H,4,7H2,1-3H3. The summed E-state index contributed by atoms with van der Waals surface area (Å²) in [6.07, 6.45) is 1.72. The minimum absolute atomic E-state index is 0.00461. The molecule has 0 aromatic heterocycles. The fraction of sp³-hybridized carbons (Fsp3) is 0.455. The van der Waals surface area contributed by atoms with Crippen molar-refractivity contribution in [3.05, 3.63) is 23.8 Å². The number of benzene rings is 1. The Bertz CT molecular complexity index is 633. The highest BCUT2D eigenvalue weighted by molar-refractivity contribution is 7.91. The number of hydrogen-bond donors (Lipinski definition) is 1. The molecular formula is C11H17NO4S2. The van der Waals surface area contributed by atoms with Gasteiger partial charge in [-0.25, -0.2) is 21.6 Å². The van der Waals surface area contributed by atoms with Crippen molar-refractivity contribution in [2.45, 2.75) is 30.1 Å². The van der Waals surface area contributed by atoms with Crippen molar-refractivity contribution in [3.8, 4) is 0 Å². The van der Waals surface area contributed by atoms with Crippen molar-refractivity contribution in [2.24, 2.45) is 0 Å². The van der Waals surface area contributed by atoms with Crippen LogP contribution in [0, 0.1) is 6.92 Å². The highest BCUT2D eigenvalue weighted by Crippen LogP contribution is 2.19. The zero-order chi connectivity index (χ0) is 14.0. The summed E-state index contributed by atoms with van der Waals surface area (Å²) in [6.45, 7) is 3.81. The number of nitrogens with one attached hydrogen (secondary N) is 1. The normalized spacial score (nSPS) is 12.6. The van der Waals surface area contributed by atoms with Crippen LogP contribution in [0.1, 0.15) is 18.9 Å². The molecule has 0 radical (unpaired) electrons. The molecule has 18 heavy (non-hydrogen) atoms. The second-order valence-electron chi connectivity index (χ2n) is 4.10. The summed E-state index contributed by atoms with van der Waals surface area (Å²) in [4.78, 5) is 0.0175. The predicted octanol–water partition coefficient (Wildman–Crippen LogP) is 1.09. The van der Waals surface area contributed by atoms with Crippen LogP contribution in [0.15, 0.2) is 28.0 Å². The van der Waals surface area contributed by atoms with Crippen LogP contribution >= 0.6 is 0 Å². The second kappa shape index (κ2) is 5.38. The van der Waals surface area contributed by atoms with Gasteiger partial charge in [0.25, 0.3) is 0 Å². The molecule has 1 aromatic carbocycles. The lowest BCUT2D eigenvalue weighted by atomic mass is 10.2. The van der Waals surface area contributed by atoms with Crippen LogP contribution < -0.4 is 4.72 Å². The van der Waals surface area contributed by atoms with E-state index in [1.807, 2.05) is 6.92 Å². The van der Waals surface area contributed by atoms with Gasteiger partial charge in [-0.3, -0.25) is 0 Å². The Labute approximate surface area is 108 Å². The molecule has 0 aliphatic carbocycles. The lowest BCUT2D eigenvalue weighted by Crippen LogP contribution is -2.25. The fourth-order valence-corrected chi connectivity index (χ4v) is 3.54. The van der Waals surface area contributed by atoms with Gasteiger partial charge < -0.3 is 0 Å². The van der Waals surface area contributed by atoms with Crippen LogP contribution in [0.2, 0.25) is 0 Å². The van der Waals surface area contributed by atoms with Gasteiger partial charge in [0.1, 0.15) is 0 Å². The Balaban J connectivity index is 3.33. The third-order valence-electron chi connectivity index (χ3n) is 2.42. The highest BCUT2D eigenvalue weighted by atomic mass is 32.2. The van der Waals surface area contributed by atoms with Crippen LogP contribution in [0.4, 0.5) is 0 Å². The molecule has 1 aromatic rings. The van der Waals surface area contributed by atoms with Crippen LogP contribution in [-0.2, 0) is 19.9 Å². The van der Waals surface area contributed by atoms with Gasteiger partial charge in [-0.05, 0) is 31.0 Å². The van der Waals surface area contributed by atoms with E-state index < -0.39 is 19.9 Å². The number of sulfonamides is 1. The quantitative estimate of drug-likeness (QED) is 0.880. The van der Waals surface area contributed by atoms with E-state index in [0.717, 1.165) is 6.26 Å². The smallest absolute Gasteiger partial charge is 0.224 e. The second-order valence-corrected chi connectivity index (χ2v) is 7.85. The minimum Gasteiger partial charge on any atom is -0.224 e. The van der Waals surface area contributed by atoms with Crippen LogP contribution in [0.3, 0.4) is 0 Å². The van der Waals surface area contributed by atoms with Crippen molar-refractivity contribution >= 4 is 19.9 Å². The van der Waals surface area contributed by atoms with E-state index in [2.05, 4.69) is 4.72 Å². The molecule has 102 valence electrons. The van der Waals surface area contributed by atoms with Gasteiger partial charge in [-0.1, -0.05) is 13.0 Å². The maximum atomic E-state index is 12.0. The lowest BCUT2D eigenvalue weighted by molar-refractivity contribution is 0.580. The van der Waals surface area contributed by atoms with Gasteiger partial charge in [0.15, 0.2) is 9.84 Å². The Kier molecular flexibility index (Phi) is 4.52. The Morgan fingerprint density at radius 2 is 1.78 bits per heavy atom. The summed E-state index contributed by atoms with van der Waals surface area (Å²) in [6, 6.07) is 4.10. The summed E-state index contributed by atoms with van der Waals surface area (Å²) in [7, 11) is -7.07. The zero-order valence-corrected chi connectivity index (χ0v) is 12.2. The summed E-state index contributed by atoms with van der Waals surface area (Å²) < 4.78 is 49.2. The monoisotopic (exact) mass is 291 g/mol. The van der Waals surface area contributed by atoms with Gasteiger partial charge in [-0.15, -0.1) is 0 Å². The third kappa shape index (κ3) is 3.54. The number of aryl methyl sites for hydroxylation is 1. The summed E-state index contributed by atoms with van der Waals surface area (Å²) in [5.74, 6) is 0. The van der Waals surface area contributed by atoms with Crippen molar-refractivity contribution < 1.29 is 16.8 Å². The number of rotatable bonds is 5. The Morgan fingerprint density at radius 3 is 2.28 bits per heavy atom. The third-order valence-corrected chi connectivity index (χ3v) is 5.13. The Hall–Kier alpha value is -0.920. The molecule has 0 aliphatic heterocycles. The van der Waals surface area contributed by atoms with Crippen molar-refractivity contribution in [1.29, 1.82) is 0 Å². The van der Waals surface area contributed by atoms with Gasteiger partial charge in [0.2, 0.25) is 10.0 Å². The first-order valence-electron chi connectivity index (χ1n) is 5.49. The van der Waals surface area contributed by atoms with Crippen molar-refractivity contribution in [2.75, 3.05) is 12.8 Å². The molecule has 0 heterocycles. The molecule has 0 aliphatic rings. The molecule has 7 heteroatoms. The largest absolute Gasteiger partial charge is 0.240 e. The van der Waals surface area contributed by atoms with Crippen LogP contribution in [-0.4, -0.2) is 29.6 Å². The maximum absolute atomic E-state index is 12.0. The molecule has 0 unspecified atom stereocenters. The minimum atomic E-state index is -3.65. The van der Waals surface area contributed by atoms with E-state index in [-0.39, 0.29) is 9.79 Å². The molecule has 0 atom stereocenters. The lowest BCUT2D eigenvalue weighted by Gasteiger charge is -2.10. The highest BCUT2D eigenvalue weighted by Gasteiger charge is 2.19. The molecule has 0 fully saturated rings. The van der Waals surface area contributed by atoms with Crippen molar-refractivity contribution in [3.63, 3.8) is 0 Å². The Morgan fingerprint density at radius 1 is 1.17 bits per heavy atom. The van der Waals surface area contributed by atoms with Gasteiger partial charge in [-0.2, -0.15) is 0 Å². The number of hydrogen-bond acceptors (Lipinski definition) is 4. The van der Waals surface area contributed by atoms with E-state index in [4.69, 9.17) is 0 Å². The van der Waals surface area contributed by atoms with E-state index in [1.165, 1.54) is 18.2 Å². The zero-order valence-electron chi connectivity index (χ0n) is 10.6. The topological polar surface area (TPSA) is 80.3 Å². The molecule has 1 N–H and O–H groups in total. The molecular weight excluding hydrogens is 274 g/mol. The summed E-state index contributed by atoms with van der Waals surface area (Å²) in [5, 5.41) is 0. The number of sulfone groups is 1. The van der Waals surface area contributed by atoms with Gasteiger partial charge >= 0.3 is 0 Å². The molecule has 5 nitrogen and oxygen atoms in total. The molecule has 0 saturated heterocycles. The van der Waals surface area contributed by atoms with Gasteiger partial charge in [0.05, 0.1) is 9.79 Å². The average Bonchev–Trinajstić information content (AvgIpc) is 2.25. The van der Waals surface area contributed by atoms with Crippen molar-refractivity contribution in [1.82, 2.24) is 4.72 Å². The average molecular weight is 291 g/mol. The van der Waals surface area contributed by atoms with Crippen LogP contribution in [0.25, 0.3) is 0 Å². The first kappa shape index (κ1) is 15.1. The maximum Gasteiger partial charge on any atom is 0.240 e. The van der Waals surface area contributed by atoms with E-state index in [1.54, 1.807) is 6.92 Å². The van der Waals surface area contributed by atoms with E-state index in [9.17, 15) is 16.8 Å². The SMILES string of the molecule is CCCNS(=O)(=O)c1cc(S(C)(=O)=O)ccc1C. The molecule has 0 spiro atoms. The molecule has 0 amide bonds. The first-order chi connectivity index (χ1) is 8.18. The fourth-order valence-electron chi connectivity index (χ4n) is 1.41. The van der Waals surface area contributed by atoms with Gasteiger partial charge in [0, 0.05) is 12.8 Å². The molecule has 1 rings (SSSR count).